The van der Waals surface area contributed by atoms with Gasteiger partial charge in [-0.15, -0.1) is 0 Å². The maximum Gasteiger partial charge on any atom is 0.240 e. The van der Waals surface area contributed by atoms with Crippen molar-refractivity contribution in [3.05, 3.63) is 42.5 Å². The van der Waals surface area contributed by atoms with Crippen molar-refractivity contribution in [2.45, 2.75) is 19.0 Å². The highest BCUT2D eigenvalue weighted by atomic mass is 16.2. The lowest BCUT2D eigenvalue weighted by atomic mass is 10.1. The summed E-state index contributed by atoms with van der Waals surface area (Å²) in [6, 6.07) is 7.51. The number of hydrazine groups is 2. The summed E-state index contributed by atoms with van der Waals surface area (Å²) in [5.41, 5.74) is 10.4. The summed E-state index contributed by atoms with van der Waals surface area (Å²) >= 11 is 0. The van der Waals surface area contributed by atoms with Crippen LogP contribution in [0, 0.1) is 0 Å². The van der Waals surface area contributed by atoms with Crippen LogP contribution in [0.1, 0.15) is 18.5 Å². The summed E-state index contributed by atoms with van der Waals surface area (Å²) < 4.78 is 1.69. The van der Waals surface area contributed by atoms with E-state index in [-0.39, 0.29) is 18.0 Å². The van der Waals surface area contributed by atoms with Crippen LogP contribution in [0.4, 0.5) is 0 Å². The normalized spacial score (nSPS) is 19.4. The minimum Gasteiger partial charge on any atom is -0.348 e. The Bertz CT molecular complexity index is 589. The van der Waals surface area contributed by atoms with E-state index in [4.69, 9.17) is 0 Å². The average molecular weight is 287 g/mol. The van der Waals surface area contributed by atoms with Gasteiger partial charge in [0.05, 0.1) is 11.7 Å². The smallest absolute Gasteiger partial charge is 0.240 e. The number of carbonyl (C=O) groups is 1. The molecule has 0 bridgehead atoms. The van der Waals surface area contributed by atoms with Crippen molar-refractivity contribution in [2.75, 3.05) is 6.54 Å². The molecule has 1 amide bonds. The summed E-state index contributed by atoms with van der Waals surface area (Å²) in [6.45, 7) is 2.52. The lowest BCUT2D eigenvalue weighted by molar-refractivity contribution is -0.123. The van der Waals surface area contributed by atoms with Crippen LogP contribution in [0.25, 0.3) is 5.69 Å². The molecule has 21 heavy (non-hydrogen) atoms. The van der Waals surface area contributed by atoms with Crippen molar-refractivity contribution in [1.82, 2.24) is 36.5 Å². The quantitative estimate of drug-likeness (QED) is 0.601. The number of carbonyl (C=O) groups excluding carboxylic acids is 1. The minimum absolute atomic E-state index is 0.0413. The standard InChI is InChI=1S/C13H17N7O/c1-9(17-13(21)12-6-15-19-18-12)10-2-4-11(5-3-10)20-8-14-7-16-20/h2-5,7-9,12,15,18-19H,6H2,1H3,(H,17,21). The van der Waals surface area contributed by atoms with Crippen LogP contribution in [0.3, 0.4) is 0 Å². The number of benzene rings is 1. The third-order valence-corrected chi connectivity index (χ3v) is 3.39. The average Bonchev–Trinajstić information content (AvgIpc) is 3.20. The molecule has 2 heterocycles. The van der Waals surface area contributed by atoms with Gasteiger partial charge in [0.2, 0.25) is 5.91 Å². The maximum atomic E-state index is 12.0. The first-order valence-electron chi connectivity index (χ1n) is 6.73. The molecule has 0 aliphatic carbocycles. The monoisotopic (exact) mass is 287 g/mol. The van der Waals surface area contributed by atoms with Crippen molar-refractivity contribution < 1.29 is 4.79 Å². The Morgan fingerprint density at radius 1 is 1.43 bits per heavy atom. The Labute approximate surface area is 121 Å². The minimum atomic E-state index is -0.262. The number of aromatic nitrogens is 3. The maximum absolute atomic E-state index is 12.0. The molecular formula is C13H17N7O. The van der Waals surface area contributed by atoms with Crippen molar-refractivity contribution >= 4 is 5.91 Å². The Kier molecular flexibility index (Phi) is 3.91. The molecule has 0 saturated carbocycles. The lowest BCUT2D eigenvalue weighted by Crippen LogP contribution is -2.45. The molecule has 8 heteroatoms. The molecule has 110 valence electrons. The molecule has 1 saturated heterocycles. The van der Waals surface area contributed by atoms with Crippen LogP contribution < -0.4 is 21.7 Å². The van der Waals surface area contributed by atoms with Crippen molar-refractivity contribution in [3.63, 3.8) is 0 Å². The summed E-state index contributed by atoms with van der Waals surface area (Å²) in [7, 11) is 0. The molecule has 1 aromatic carbocycles. The summed E-state index contributed by atoms with van der Waals surface area (Å²) in [5, 5.41) is 7.05. The predicted octanol–water partition coefficient (Wildman–Crippen LogP) is -0.574. The number of amides is 1. The van der Waals surface area contributed by atoms with E-state index < -0.39 is 0 Å². The largest absolute Gasteiger partial charge is 0.348 e. The first kappa shape index (κ1) is 13.7. The van der Waals surface area contributed by atoms with E-state index in [9.17, 15) is 4.79 Å². The Hall–Kier alpha value is -2.29. The zero-order valence-electron chi connectivity index (χ0n) is 11.6. The molecule has 4 N–H and O–H groups in total. The van der Waals surface area contributed by atoms with E-state index in [0.717, 1.165) is 11.3 Å². The molecule has 1 aliphatic rings. The molecule has 8 nitrogen and oxygen atoms in total. The van der Waals surface area contributed by atoms with Gasteiger partial charge in [0, 0.05) is 6.54 Å². The van der Waals surface area contributed by atoms with E-state index in [1.165, 1.54) is 6.33 Å². The van der Waals surface area contributed by atoms with Gasteiger partial charge in [0.15, 0.2) is 0 Å². The highest BCUT2D eigenvalue weighted by molar-refractivity contribution is 5.82. The zero-order valence-corrected chi connectivity index (χ0v) is 11.6. The van der Waals surface area contributed by atoms with E-state index in [0.29, 0.717) is 6.54 Å². The molecule has 2 atom stereocenters. The van der Waals surface area contributed by atoms with Gasteiger partial charge < -0.3 is 5.32 Å². The second kappa shape index (κ2) is 6.00. The van der Waals surface area contributed by atoms with Gasteiger partial charge in [-0.1, -0.05) is 12.1 Å². The van der Waals surface area contributed by atoms with Gasteiger partial charge in [-0.3, -0.25) is 4.79 Å². The fourth-order valence-electron chi connectivity index (χ4n) is 2.16. The molecule has 3 rings (SSSR count). The number of nitrogens with one attached hydrogen (secondary N) is 4. The zero-order chi connectivity index (χ0) is 14.7. The molecule has 1 aromatic heterocycles. The van der Waals surface area contributed by atoms with Gasteiger partial charge in [-0.25, -0.2) is 20.5 Å². The van der Waals surface area contributed by atoms with Crippen molar-refractivity contribution in [3.8, 4) is 5.69 Å². The van der Waals surface area contributed by atoms with Crippen LogP contribution in [-0.4, -0.2) is 33.3 Å². The second-order valence-electron chi connectivity index (χ2n) is 4.86. The Morgan fingerprint density at radius 2 is 2.24 bits per heavy atom. The third kappa shape index (κ3) is 3.07. The first-order chi connectivity index (χ1) is 10.2. The van der Waals surface area contributed by atoms with E-state index in [1.54, 1.807) is 11.0 Å². The van der Waals surface area contributed by atoms with Gasteiger partial charge in [0.1, 0.15) is 18.7 Å². The van der Waals surface area contributed by atoms with Crippen molar-refractivity contribution in [2.24, 2.45) is 0 Å². The molecule has 0 spiro atoms. The molecule has 1 fully saturated rings. The highest BCUT2D eigenvalue weighted by Gasteiger charge is 2.23. The Morgan fingerprint density at radius 3 is 2.86 bits per heavy atom. The fraction of sp³-hybridized carbons (Fsp3) is 0.308. The molecule has 0 radical (unpaired) electrons. The fourth-order valence-corrected chi connectivity index (χ4v) is 2.16. The number of hydrogen-bond acceptors (Lipinski definition) is 6. The topological polar surface area (TPSA) is 95.9 Å². The van der Waals surface area contributed by atoms with E-state index in [2.05, 4.69) is 31.8 Å². The molecule has 1 aliphatic heterocycles. The van der Waals surface area contributed by atoms with Crippen LogP contribution >= 0.6 is 0 Å². The van der Waals surface area contributed by atoms with Crippen molar-refractivity contribution in [1.29, 1.82) is 0 Å². The first-order valence-corrected chi connectivity index (χ1v) is 6.73. The van der Waals surface area contributed by atoms with Crippen LogP contribution in [0.2, 0.25) is 0 Å². The van der Waals surface area contributed by atoms with Gasteiger partial charge in [-0.05, 0) is 24.6 Å². The summed E-state index contributed by atoms with van der Waals surface area (Å²) in [5.74, 6) is -0.0413. The van der Waals surface area contributed by atoms with Crippen LogP contribution in [0.15, 0.2) is 36.9 Å². The number of rotatable bonds is 4. The van der Waals surface area contributed by atoms with Gasteiger partial charge >= 0.3 is 0 Å². The molecular weight excluding hydrogens is 270 g/mol. The highest BCUT2D eigenvalue weighted by Crippen LogP contribution is 2.15. The number of hydrogen-bond donors (Lipinski definition) is 4. The van der Waals surface area contributed by atoms with Gasteiger partial charge in [-0.2, -0.15) is 10.6 Å². The third-order valence-electron chi connectivity index (χ3n) is 3.39. The van der Waals surface area contributed by atoms with Crippen LogP contribution in [-0.2, 0) is 4.79 Å². The second-order valence-corrected chi connectivity index (χ2v) is 4.86. The summed E-state index contributed by atoms with van der Waals surface area (Å²) in [6.07, 6.45) is 3.14. The SMILES string of the molecule is CC(NC(=O)C1CNNN1)c1ccc(-n2cncn2)cc1. The molecule has 2 unspecified atom stereocenters. The predicted molar refractivity (Wildman–Crippen MR) is 76.0 cm³/mol. The van der Waals surface area contributed by atoms with E-state index >= 15 is 0 Å². The summed E-state index contributed by atoms with van der Waals surface area (Å²) in [4.78, 5) is 15.9. The van der Waals surface area contributed by atoms with E-state index in [1.807, 2.05) is 31.2 Å². The molecule has 2 aromatic rings. The Balaban J connectivity index is 1.64. The van der Waals surface area contributed by atoms with Gasteiger partial charge in [0.25, 0.3) is 0 Å². The number of nitrogens with zero attached hydrogens (tertiary/aromatic N) is 3. The van der Waals surface area contributed by atoms with Crippen LogP contribution in [0.5, 0.6) is 0 Å². The lowest BCUT2D eigenvalue weighted by Gasteiger charge is -2.17.